The van der Waals surface area contributed by atoms with Crippen molar-refractivity contribution in [1.82, 2.24) is 42.1 Å². The number of benzene rings is 3. The molecule has 3 aromatic carbocycles. The van der Waals surface area contributed by atoms with Crippen molar-refractivity contribution in [2.75, 3.05) is 39.3 Å². The van der Waals surface area contributed by atoms with E-state index < -0.39 is 35.7 Å². The molecule has 0 radical (unpaired) electrons. The molecule has 68 heavy (non-hydrogen) atoms. The van der Waals surface area contributed by atoms with Gasteiger partial charge in [0, 0.05) is 65.2 Å². The molecule has 0 aromatic heterocycles. The van der Waals surface area contributed by atoms with Crippen LogP contribution in [0.5, 0.6) is 11.5 Å². The molecule has 3 aromatic rings. The number of unbranched alkanes of at least 4 members (excludes halogenated alkanes) is 2. The monoisotopic (exact) mass is 943 g/mol. The number of phenols is 1. The van der Waals surface area contributed by atoms with Gasteiger partial charge in [-0.15, -0.1) is 0 Å². The number of carbonyl (C=O) groups excluding carboxylic acids is 6. The summed E-state index contributed by atoms with van der Waals surface area (Å²) in [7, 11) is 0. The summed E-state index contributed by atoms with van der Waals surface area (Å²) in [4.78, 5) is 82.2. The lowest BCUT2D eigenvalue weighted by Crippen LogP contribution is -2.50. The van der Waals surface area contributed by atoms with Crippen LogP contribution in [0.25, 0.3) is 0 Å². The molecule has 1 aliphatic heterocycles. The fourth-order valence-electron chi connectivity index (χ4n) is 7.17. The summed E-state index contributed by atoms with van der Waals surface area (Å²) < 4.78 is 11.3. The second-order valence-corrected chi connectivity index (χ2v) is 17.4. The van der Waals surface area contributed by atoms with Crippen LogP contribution < -0.4 is 47.7 Å². The SMILES string of the molecule is CCC(=O)NCCNC(=O)/N=C(/N)NCCC[C@@H](NC(=O)[C@H](c1cccc(OCCCNC(=O)CCCCCNC(=O)OC(C)(C)C)c1)N1Cc2ccccc2C1)C(=O)NCc1ccc(O)cc1. The highest BCUT2D eigenvalue weighted by Gasteiger charge is 2.34. The first-order chi connectivity index (χ1) is 32.6. The van der Waals surface area contributed by atoms with Gasteiger partial charge in [0.1, 0.15) is 29.2 Å². The van der Waals surface area contributed by atoms with Crippen molar-refractivity contribution in [3.63, 3.8) is 0 Å². The predicted molar refractivity (Wildman–Crippen MR) is 258 cm³/mol. The van der Waals surface area contributed by atoms with E-state index in [-0.39, 0.29) is 62.0 Å². The Hall–Kier alpha value is -6.89. The summed E-state index contributed by atoms with van der Waals surface area (Å²) in [6, 6.07) is 19.3. The Morgan fingerprint density at radius 2 is 1.41 bits per heavy atom. The normalized spacial score (nSPS) is 13.3. The van der Waals surface area contributed by atoms with Gasteiger partial charge in [-0.1, -0.05) is 61.9 Å². The molecular weight excluding hydrogens is 873 g/mol. The maximum Gasteiger partial charge on any atom is 0.407 e. The van der Waals surface area contributed by atoms with Crippen LogP contribution in [0.3, 0.4) is 0 Å². The molecule has 1 aliphatic rings. The van der Waals surface area contributed by atoms with Gasteiger partial charge >= 0.3 is 12.1 Å². The van der Waals surface area contributed by atoms with E-state index >= 15 is 0 Å². The molecule has 4 rings (SSSR count). The third-order valence-corrected chi connectivity index (χ3v) is 10.6. The largest absolute Gasteiger partial charge is 0.508 e. The fraction of sp³-hybridized carbons (Fsp3) is 0.490. The smallest absolute Gasteiger partial charge is 0.407 e. The van der Waals surface area contributed by atoms with Crippen LogP contribution in [-0.4, -0.2) is 103 Å². The number of fused-ring (bicyclic) bond motifs is 1. The van der Waals surface area contributed by atoms with Crippen LogP contribution in [0.4, 0.5) is 9.59 Å². The van der Waals surface area contributed by atoms with Crippen LogP contribution in [-0.2, 0) is 43.5 Å². The maximum absolute atomic E-state index is 14.6. The van der Waals surface area contributed by atoms with E-state index in [4.69, 9.17) is 15.2 Å². The van der Waals surface area contributed by atoms with Crippen LogP contribution in [0, 0.1) is 0 Å². The zero-order valence-electron chi connectivity index (χ0n) is 39.8. The second kappa shape index (κ2) is 28.3. The molecule has 2 atom stereocenters. The van der Waals surface area contributed by atoms with Gasteiger partial charge in [-0.25, -0.2) is 9.59 Å². The molecule has 0 saturated carbocycles. The van der Waals surface area contributed by atoms with Gasteiger partial charge < -0.3 is 57.5 Å². The molecule has 19 heteroatoms. The molecule has 0 aliphatic carbocycles. The molecule has 0 bridgehead atoms. The minimum atomic E-state index is -0.968. The third kappa shape index (κ3) is 20.3. The zero-order chi connectivity index (χ0) is 49.3. The number of aromatic hydroxyl groups is 1. The lowest BCUT2D eigenvalue weighted by Gasteiger charge is -2.29. The van der Waals surface area contributed by atoms with Gasteiger partial charge in [-0.05, 0) is 99.4 Å². The van der Waals surface area contributed by atoms with Gasteiger partial charge in [-0.2, -0.15) is 4.99 Å². The maximum atomic E-state index is 14.6. The number of alkyl carbamates (subject to hydrolysis) is 1. The Kier molecular flexibility index (Phi) is 22.4. The summed E-state index contributed by atoms with van der Waals surface area (Å²) in [5.74, 6) is -0.476. The highest BCUT2D eigenvalue weighted by molar-refractivity contribution is 5.92. The van der Waals surface area contributed by atoms with Crippen LogP contribution >= 0.6 is 0 Å². The van der Waals surface area contributed by atoms with Gasteiger partial charge in [0.05, 0.1) is 6.61 Å². The van der Waals surface area contributed by atoms with E-state index in [2.05, 4.69) is 47.1 Å². The van der Waals surface area contributed by atoms with E-state index in [1.165, 1.54) is 12.1 Å². The molecular formula is C49H70N10O9. The van der Waals surface area contributed by atoms with E-state index in [9.17, 15) is 33.9 Å². The quantitative estimate of drug-likeness (QED) is 0.0313. The van der Waals surface area contributed by atoms with Crippen molar-refractivity contribution in [2.24, 2.45) is 10.7 Å². The average Bonchev–Trinajstić information content (AvgIpc) is 3.72. The first kappa shape index (κ1) is 53.7. The first-order valence-electron chi connectivity index (χ1n) is 23.4. The van der Waals surface area contributed by atoms with Crippen molar-refractivity contribution < 1.29 is 43.3 Å². The number of hydrogen-bond acceptors (Lipinski definition) is 10. The lowest BCUT2D eigenvalue weighted by molar-refractivity contribution is -0.132. The van der Waals surface area contributed by atoms with Crippen molar-refractivity contribution in [3.05, 3.63) is 95.1 Å². The molecule has 370 valence electrons. The number of amides is 7. The van der Waals surface area contributed by atoms with E-state index in [1.54, 1.807) is 19.1 Å². The molecule has 0 spiro atoms. The van der Waals surface area contributed by atoms with E-state index in [0.29, 0.717) is 76.2 Å². The minimum absolute atomic E-state index is 0.0544. The molecule has 1 heterocycles. The molecule has 19 nitrogen and oxygen atoms in total. The number of rotatable bonds is 26. The van der Waals surface area contributed by atoms with Crippen molar-refractivity contribution in [3.8, 4) is 11.5 Å². The summed E-state index contributed by atoms with van der Waals surface area (Å²) in [6.07, 6.45) is 3.61. The Labute approximate surface area is 399 Å². The number of guanidine groups is 1. The highest BCUT2D eigenvalue weighted by atomic mass is 16.6. The molecule has 0 fully saturated rings. The van der Waals surface area contributed by atoms with E-state index in [0.717, 1.165) is 29.5 Å². The van der Waals surface area contributed by atoms with E-state index in [1.807, 2.05) is 69.3 Å². The Bertz CT molecular complexity index is 2120. The van der Waals surface area contributed by atoms with Crippen LogP contribution in [0.1, 0.15) is 107 Å². The number of hydrogen-bond donors (Lipinski definition) is 9. The number of nitrogens with two attached hydrogens (primary N) is 1. The third-order valence-electron chi connectivity index (χ3n) is 10.6. The highest BCUT2D eigenvalue weighted by Crippen LogP contribution is 2.33. The fourth-order valence-corrected chi connectivity index (χ4v) is 7.17. The molecule has 0 saturated heterocycles. The number of nitrogens with zero attached hydrogens (tertiary/aromatic N) is 2. The summed E-state index contributed by atoms with van der Waals surface area (Å²) in [5.41, 5.74) is 9.02. The standard InChI is InChI=1S/C49H70N10O9/c1-5-41(61)52-27-28-54-47(65)58-46(50)53-25-12-18-40(44(63)56-31-34-20-22-38(60)23-21-34)57-45(64)43(59-32-36-14-8-9-15-37(36)33-59)35-16-11-17-39(30-35)67-29-13-26-51-42(62)19-7-6-10-24-55-48(66)68-49(2,3)4/h8-9,11,14-17,20-23,30,40,43,60H,5-7,10,12-13,18-19,24-29,31-33H2,1-4H3,(H,51,62)(H,52,61)(H,55,66)(H,56,63)(H,57,64)(H4,50,53,54,58,65)/t40-,43+/m1/s1. The zero-order valence-corrected chi connectivity index (χ0v) is 39.8. The minimum Gasteiger partial charge on any atom is -0.508 e. The number of phenolic OH excluding ortho intramolecular Hbond substituents is 1. The Balaban J connectivity index is 1.35. The average molecular weight is 943 g/mol. The Morgan fingerprint density at radius 3 is 2.12 bits per heavy atom. The number of nitrogens with one attached hydrogen (secondary N) is 7. The summed E-state index contributed by atoms with van der Waals surface area (Å²) >= 11 is 0. The van der Waals surface area contributed by atoms with Gasteiger partial charge in [0.25, 0.3) is 0 Å². The van der Waals surface area contributed by atoms with Crippen molar-refractivity contribution >= 4 is 41.7 Å². The topological polar surface area (TPSA) is 267 Å². The first-order valence-corrected chi connectivity index (χ1v) is 23.4. The Morgan fingerprint density at radius 1 is 0.735 bits per heavy atom. The van der Waals surface area contributed by atoms with Crippen molar-refractivity contribution in [2.45, 2.75) is 116 Å². The second-order valence-electron chi connectivity index (χ2n) is 17.4. The summed E-state index contributed by atoms with van der Waals surface area (Å²) in [6.45, 7) is 10.2. The van der Waals surface area contributed by atoms with Crippen molar-refractivity contribution in [1.29, 1.82) is 0 Å². The lowest BCUT2D eigenvalue weighted by atomic mass is 10.0. The molecule has 10 N–H and O–H groups in total. The predicted octanol–water partition coefficient (Wildman–Crippen LogP) is 4.14. The number of carbonyl (C=O) groups is 6. The van der Waals surface area contributed by atoms with Crippen LogP contribution in [0.15, 0.2) is 77.8 Å². The number of aliphatic imine (C=N–C) groups is 1. The van der Waals surface area contributed by atoms with Gasteiger partial charge in [0.15, 0.2) is 5.96 Å². The number of urea groups is 1. The number of ether oxygens (including phenoxy) is 2. The van der Waals surface area contributed by atoms with Gasteiger partial charge in [0.2, 0.25) is 23.6 Å². The molecule has 7 amide bonds. The molecule has 0 unspecified atom stereocenters. The summed E-state index contributed by atoms with van der Waals surface area (Å²) in [5, 5.41) is 29.4. The van der Waals surface area contributed by atoms with Gasteiger partial charge in [-0.3, -0.25) is 24.1 Å². The van der Waals surface area contributed by atoms with Crippen LogP contribution in [0.2, 0.25) is 0 Å².